The monoisotopic (exact) mass is 240 g/mol. The van der Waals surface area contributed by atoms with E-state index in [1.54, 1.807) is 18.2 Å². The Bertz CT molecular complexity index is 633. The number of carbonyl (C=O) groups is 2. The largest absolute Gasteiger partial charge is 0.318 e. The Hall–Kier alpha value is -2.77. The lowest BCUT2D eigenvalue weighted by Crippen LogP contribution is -2.12. The first-order valence-corrected chi connectivity index (χ1v) is 5.22. The van der Waals surface area contributed by atoms with Gasteiger partial charge in [-0.15, -0.1) is 0 Å². The van der Waals surface area contributed by atoms with Crippen molar-refractivity contribution in [3.63, 3.8) is 0 Å². The van der Waals surface area contributed by atoms with Gasteiger partial charge in [0.1, 0.15) is 0 Å². The van der Waals surface area contributed by atoms with Gasteiger partial charge in [0.25, 0.3) is 11.7 Å². The Morgan fingerprint density at radius 3 is 3.00 bits per heavy atom. The summed E-state index contributed by atoms with van der Waals surface area (Å²) in [4.78, 5) is 25.4. The van der Waals surface area contributed by atoms with Gasteiger partial charge in [0.2, 0.25) is 0 Å². The molecule has 0 spiro atoms. The van der Waals surface area contributed by atoms with Crippen LogP contribution in [0.15, 0.2) is 23.3 Å². The van der Waals surface area contributed by atoms with E-state index in [4.69, 9.17) is 5.53 Å². The number of Topliss-reactive ketones (excluding diaryl/α,β-unsaturated/α-hetero) is 1. The molecule has 0 fully saturated rings. The van der Waals surface area contributed by atoms with E-state index >= 15 is 0 Å². The number of nitrogens with zero attached hydrogens (tertiary/aromatic N) is 3. The Kier molecular flexibility index (Phi) is 3.28. The molecular formula is C12H8N4O2. The van der Waals surface area contributed by atoms with Crippen molar-refractivity contribution in [2.75, 3.05) is 11.9 Å². The molecule has 1 N–H and O–H groups in total. The van der Waals surface area contributed by atoms with Crippen molar-refractivity contribution in [3.05, 3.63) is 39.8 Å². The molecule has 1 heterocycles. The van der Waals surface area contributed by atoms with Gasteiger partial charge >= 0.3 is 0 Å². The maximum atomic E-state index is 11.6. The van der Waals surface area contributed by atoms with E-state index in [9.17, 15) is 9.59 Å². The number of hydrogen-bond acceptors (Lipinski definition) is 3. The van der Waals surface area contributed by atoms with Crippen LogP contribution in [0.5, 0.6) is 0 Å². The highest BCUT2D eigenvalue weighted by Gasteiger charge is 2.29. The summed E-state index contributed by atoms with van der Waals surface area (Å²) in [5, 5.41) is 5.82. The molecule has 1 amide bonds. The van der Waals surface area contributed by atoms with Crippen LogP contribution in [0, 0.1) is 11.8 Å². The van der Waals surface area contributed by atoms with E-state index in [1.807, 2.05) is 0 Å². The van der Waals surface area contributed by atoms with Crippen LogP contribution in [0.4, 0.5) is 5.69 Å². The van der Waals surface area contributed by atoms with Crippen LogP contribution in [0.3, 0.4) is 0 Å². The quantitative estimate of drug-likeness (QED) is 0.213. The number of rotatable bonds is 2. The number of benzene rings is 1. The molecule has 88 valence electrons. The first-order chi connectivity index (χ1) is 8.74. The zero-order valence-corrected chi connectivity index (χ0v) is 9.30. The van der Waals surface area contributed by atoms with Gasteiger partial charge < -0.3 is 5.32 Å². The minimum absolute atomic E-state index is 0.281. The SMILES string of the molecule is [N-]=[N+]=NCCC#Cc1cccc2c1C(=O)C(=O)N2. The van der Waals surface area contributed by atoms with Gasteiger partial charge in [-0.3, -0.25) is 9.59 Å². The standard InChI is InChI=1S/C12H8N4O2/c13-16-14-7-2-1-4-8-5-3-6-9-10(8)11(17)12(18)15-9/h3,5-6H,2,7H2,(H,15,17,18). The van der Waals surface area contributed by atoms with Crippen molar-refractivity contribution in [2.45, 2.75) is 6.42 Å². The second kappa shape index (κ2) is 5.04. The molecule has 1 aliphatic rings. The average Bonchev–Trinajstić information content (AvgIpc) is 2.66. The van der Waals surface area contributed by atoms with Crippen molar-refractivity contribution in [3.8, 4) is 11.8 Å². The van der Waals surface area contributed by atoms with Crippen LogP contribution >= 0.6 is 0 Å². The molecule has 0 bridgehead atoms. The number of fused-ring (bicyclic) bond motifs is 1. The van der Waals surface area contributed by atoms with Crippen molar-refractivity contribution in [1.82, 2.24) is 0 Å². The summed E-state index contributed by atoms with van der Waals surface area (Å²) in [6.07, 6.45) is 0.406. The van der Waals surface area contributed by atoms with Crippen LogP contribution in [0.25, 0.3) is 10.4 Å². The molecular weight excluding hydrogens is 232 g/mol. The van der Waals surface area contributed by atoms with Gasteiger partial charge in [-0.2, -0.15) is 0 Å². The maximum absolute atomic E-state index is 11.6. The first kappa shape index (κ1) is 11.7. The normalized spacial score (nSPS) is 12.0. The third-order valence-corrected chi connectivity index (χ3v) is 2.37. The minimum Gasteiger partial charge on any atom is -0.318 e. The topological polar surface area (TPSA) is 94.9 Å². The van der Waals surface area contributed by atoms with Gasteiger partial charge in [0.05, 0.1) is 11.3 Å². The molecule has 1 aromatic carbocycles. The summed E-state index contributed by atoms with van der Waals surface area (Å²) in [5.74, 6) is 4.41. The summed E-state index contributed by atoms with van der Waals surface area (Å²) >= 11 is 0. The lowest BCUT2D eigenvalue weighted by atomic mass is 10.0. The molecule has 0 aromatic heterocycles. The number of nitrogens with one attached hydrogen (secondary N) is 1. The van der Waals surface area contributed by atoms with Crippen LogP contribution in [-0.2, 0) is 4.79 Å². The number of ketones is 1. The van der Waals surface area contributed by atoms with Gasteiger partial charge in [-0.25, -0.2) is 0 Å². The Balaban J connectivity index is 2.26. The molecule has 18 heavy (non-hydrogen) atoms. The van der Waals surface area contributed by atoms with Crippen LogP contribution in [0.2, 0.25) is 0 Å². The van der Waals surface area contributed by atoms with Crippen molar-refractivity contribution in [2.24, 2.45) is 5.11 Å². The second-order valence-electron chi connectivity index (χ2n) is 3.52. The zero-order valence-electron chi connectivity index (χ0n) is 9.30. The highest BCUT2D eigenvalue weighted by Crippen LogP contribution is 2.25. The lowest BCUT2D eigenvalue weighted by Gasteiger charge is -1.98. The summed E-state index contributed by atoms with van der Waals surface area (Å²) in [7, 11) is 0. The van der Waals surface area contributed by atoms with E-state index < -0.39 is 11.7 Å². The molecule has 6 nitrogen and oxygen atoms in total. The summed E-state index contributed by atoms with van der Waals surface area (Å²) in [6, 6.07) is 5.05. The van der Waals surface area contributed by atoms with Crippen molar-refractivity contribution >= 4 is 17.4 Å². The predicted molar refractivity (Wildman–Crippen MR) is 64.9 cm³/mol. The predicted octanol–water partition coefficient (Wildman–Crippen LogP) is 1.87. The number of carbonyl (C=O) groups excluding carboxylic acids is 2. The van der Waals surface area contributed by atoms with E-state index in [0.717, 1.165) is 0 Å². The first-order valence-electron chi connectivity index (χ1n) is 5.22. The third kappa shape index (κ3) is 2.17. The highest BCUT2D eigenvalue weighted by atomic mass is 16.2. The lowest BCUT2D eigenvalue weighted by molar-refractivity contribution is -0.112. The average molecular weight is 240 g/mol. The highest BCUT2D eigenvalue weighted by molar-refractivity contribution is 6.52. The van der Waals surface area contributed by atoms with Gasteiger partial charge in [0.15, 0.2) is 0 Å². The fraction of sp³-hybridized carbons (Fsp3) is 0.167. The molecule has 1 aromatic rings. The van der Waals surface area contributed by atoms with Crippen LogP contribution in [-0.4, -0.2) is 18.2 Å². The fourth-order valence-corrected chi connectivity index (χ4v) is 1.61. The van der Waals surface area contributed by atoms with Crippen LogP contribution in [0.1, 0.15) is 22.3 Å². The molecule has 2 rings (SSSR count). The van der Waals surface area contributed by atoms with Gasteiger partial charge in [-0.1, -0.05) is 23.0 Å². The minimum atomic E-state index is -0.631. The smallest absolute Gasteiger partial charge is 0.296 e. The number of azide groups is 1. The van der Waals surface area contributed by atoms with Crippen LogP contribution < -0.4 is 5.32 Å². The summed E-state index contributed by atoms with van der Waals surface area (Å²) < 4.78 is 0. The maximum Gasteiger partial charge on any atom is 0.296 e. The van der Waals surface area contributed by atoms with Crippen molar-refractivity contribution in [1.29, 1.82) is 0 Å². The third-order valence-electron chi connectivity index (χ3n) is 2.37. The van der Waals surface area contributed by atoms with E-state index in [2.05, 4.69) is 27.2 Å². The molecule has 0 aliphatic carbocycles. The molecule has 6 heteroatoms. The Morgan fingerprint density at radius 2 is 2.22 bits per heavy atom. The van der Waals surface area contributed by atoms with E-state index in [1.165, 1.54) is 0 Å². The van der Waals surface area contributed by atoms with Crippen molar-refractivity contribution < 1.29 is 9.59 Å². The van der Waals surface area contributed by atoms with Gasteiger partial charge in [-0.05, 0) is 17.7 Å². The molecule has 0 unspecified atom stereocenters. The number of amides is 1. The Morgan fingerprint density at radius 1 is 1.39 bits per heavy atom. The second-order valence-corrected chi connectivity index (χ2v) is 3.52. The molecule has 0 atom stereocenters. The fourth-order valence-electron chi connectivity index (χ4n) is 1.61. The number of anilines is 1. The molecule has 0 saturated heterocycles. The van der Waals surface area contributed by atoms with Gasteiger partial charge in [0, 0.05) is 23.4 Å². The molecule has 1 aliphatic heterocycles. The van der Waals surface area contributed by atoms with E-state index in [0.29, 0.717) is 23.2 Å². The summed E-state index contributed by atoms with van der Waals surface area (Å²) in [6.45, 7) is 0.281. The Labute approximate surface area is 103 Å². The molecule has 0 saturated carbocycles. The number of hydrogen-bond donors (Lipinski definition) is 1. The zero-order chi connectivity index (χ0) is 13.0. The molecule has 0 radical (unpaired) electrons. The van der Waals surface area contributed by atoms with E-state index in [-0.39, 0.29) is 6.54 Å². The summed E-state index contributed by atoms with van der Waals surface area (Å²) in [5.41, 5.74) is 9.41.